The topological polar surface area (TPSA) is 143 Å². The second-order valence-corrected chi connectivity index (χ2v) is 13.1. The molecule has 38 heavy (non-hydrogen) atoms. The van der Waals surface area contributed by atoms with Gasteiger partial charge in [0.15, 0.2) is 17.3 Å². The van der Waals surface area contributed by atoms with Gasteiger partial charge < -0.3 is 10.2 Å². The fourth-order valence-corrected chi connectivity index (χ4v) is 8.25. The molecule has 7 unspecified atom stereocenters. The number of carboxylic acid groups (broad SMARTS) is 1. The van der Waals surface area contributed by atoms with Crippen LogP contribution < -0.4 is 0 Å². The fourth-order valence-electron chi connectivity index (χ4n) is 8.25. The van der Waals surface area contributed by atoms with Gasteiger partial charge in [-0.25, -0.2) is 0 Å². The Balaban J connectivity index is 1.86. The van der Waals surface area contributed by atoms with Gasteiger partial charge in [0.05, 0.1) is 11.3 Å². The summed E-state index contributed by atoms with van der Waals surface area (Å²) in [4.78, 5) is 78.4. The number of carboxylic acids is 1. The molecule has 0 bridgehead atoms. The molecule has 4 aliphatic carbocycles. The molecule has 0 aliphatic heterocycles. The number of aliphatic hydroxyl groups is 1. The lowest BCUT2D eigenvalue weighted by Crippen LogP contribution is -2.63. The summed E-state index contributed by atoms with van der Waals surface area (Å²) >= 11 is 0. The number of hydrogen-bond donors (Lipinski definition) is 2. The number of rotatable bonds is 5. The average Bonchev–Trinajstić information content (AvgIpc) is 3.03. The number of ketones is 5. The largest absolute Gasteiger partial charge is 0.481 e. The first-order valence-electron chi connectivity index (χ1n) is 13.4. The minimum absolute atomic E-state index is 0.0383. The van der Waals surface area contributed by atoms with Crippen molar-refractivity contribution in [2.75, 3.05) is 0 Å². The van der Waals surface area contributed by atoms with Gasteiger partial charge in [0.25, 0.3) is 0 Å². The summed E-state index contributed by atoms with van der Waals surface area (Å²) in [6.45, 7) is 11.9. The molecule has 2 fully saturated rings. The Morgan fingerprint density at radius 2 is 1.61 bits per heavy atom. The molecule has 0 spiro atoms. The molecular formula is C30H38O8. The third kappa shape index (κ3) is 3.44. The highest BCUT2D eigenvalue weighted by Crippen LogP contribution is 2.69. The molecule has 0 saturated heterocycles. The zero-order valence-electron chi connectivity index (χ0n) is 23.3. The van der Waals surface area contributed by atoms with E-state index >= 15 is 0 Å². The van der Waals surface area contributed by atoms with E-state index < -0.39 is 63.1 Å². The first kappa shape index (κ1) is 28.3. The molecule has 0 amide bonds. The van der Waals surface area contributed by atoms with Crippen molar-refractivity contribution < 1.29 is 39.0 Å². The van der Waals surface area contributed by atoms with E-state index in [1.807, 2.05) is 6.92 Å². The molecule has 0 aromatic heterocycles. The van der Waals surface area contributed by atoms with E-state index in [2.05, 4.69) is 0 Å². The van der Waals surface area contributed by atoms with E-state index in [1.165, 1.54) is 13.0 Å². The summed E-state index contributed by atoms with van der Waals surface area (Å²) in [7, 11) is 0. The molecule has 206 valence electrons. The highest BCUT2D eigenvalue weighted by atomic mass is 16.4. The van der Waals surface area contributed by atoms with Crippen molar-refractivity contribution in [3.8, 4) is 0 Å². The van der Waals surface area contributed by atoms with Crippen LogP contribution in [0.15, 0.2) is 22.8 Å². The number of hydrogen-bond acceptors (Lipinski definition) is 7. The lowest BCUT2D eigenvalue weighted by atomic mass is 9.42. The summed E-state index contributed by atoms with van der Waals surface area (Å²) in [6.07, 6.45) is 0.0947. The maximum Gasteiger partial charge on any atom is 0.306 e. The SMILES string of the molecule is CC(=CC(=O)CC(C)C(=O)O)C1CC(=O)C2(C)C3=C(C(=O)C(O)C12C)C1(C)CCC(=O)C(C)(C)C1CC3=O. The molecule has 0 aromatic rings. The van der Waals surface area contributed by atoms with E-state index in [0.29, 0.717) is 12.0 Å². The third-order valence-electron chi connectivity index (χ3n) is 10.9. The van der Waals surface area contributed by atoms with Gasteiger partial charge in [-0.3, -0.25) is 28.8 Å². The number of aliphatic hydroxyl groups excluding tert-OH is 1. The molecule has 2 N–H and O–H groups in total. The number of fused-ring (bicyclic) bond motifs is 4. The van der Waals surface area contributed by atoms with E-state index in [0.717, 1.165) is 0 Å². The summed E-state index contributed by atoms with van der Waals surface area (Å²) in [5, 5.41) is 20.8. The van der Waals surface area contributed by atoms with Crippen LogP contribution in [-0.2, 0) is 28.8 Å². The molecule has 4 rings (SSSR count). The molecule has 2 saturated carbocycles. The van der Waals surface area contributed by atoms with Crippen molar-refractivity contribution in [3.63, 3.8) is 0 Å². The Morgan fingerprint density at radius 1 is 1.00 bits per heavy atom. The number of aliphatic carboxylic acids is 1. The Hall–Kier alpha value is -2.74. The van der Waals surface area contributed by atoms with E-state index in [9.17, 15) is 33.9 Å². The molecule has 4 aliphatic rings. The first-order valence-corrected chi connectivity index (χ1v) is 13.4. The Morgan fingerprint density at radius 3 is 2.18 bits per heavy atom. The smallest absolute Gasteiger partial charge is 0.306 e. The van der Waals surface area contributed by atoms with Gasteiger partial charge in [-0.1, -0.05) is 40.2 Å². The number of allylic oxidation sites excluding steroid dienone is 3. The van der Waals surface area contributed by atoms with Crippen LogP contribution in [0, 0.1) is 39.4 Å². The Kier molecular flexibility index (Phi) is 6.42. The van der Waals surface area contributed by atoms with Crippen molar-refractivity contribution in [2.45, 2.75) is 86.7 Å². The minimum Gasteiger partial charge on any atom is -0.481 e. The van der Waals surface area contributed by atoms with Crippen LogP contribution in [0.1, 0.15) is 80.6 Å². The summed E-state index contributed by atoms with van der Waals surface area (Å²) < 4.78 is 0. The van der Waals surface area contributed by atoms with Crippen molar-refractivity contribution in [3.05, 3.63) is 22.8 Å². The standard InChI is InChI=1S/C30H38O8/c1-14(10-16(31)11-15(2)26(37)38)17-12-21(34)30(7)22-18(32)13-19-27(3,4)20(33)8-9-28(19,5)23(22)24(35)25(36)29(17,30)6/h10,15,17,19,25,36H,8-9,11-13H2,1-7H3,(H,37,38). The Bertz CT molecular complexity index is 1250. The lowest BCUT2D eigenvalue weighted by Gasteiger charge is -2.59. The van der Waals surface area contributed by atoms with Crippen LogP contribution in [0.3, 0.4) is 0 Å². The Labute approximate surface area is 222 Å². The van der Waals surface area contributed by atoms with Crippen LogP contribution in [-0.4, -0.2) is 51.2 Å². The van der Waals surface area contributed by atoms with Crippen molar-refractivity contribution in [1.82, 2.24) is 0 Å². The van der Waals surface area contributed by atoms with E-state index in [4.69, 9.17) is 5.11 Å². The zero-order valence-corrected chi connectivity index (χ0v) is 23.3. The molecular weight excluding hydrogens is 488 g/mol. The van der Waals surface area contributed by atoms with Crippen LogP contribution in [0.25, 0.3) is 0 Å². The summed E-state index contributed by atoms with van der Waals surface area (Å²) in [6, 6.07) is 0. The predicted octanol–water partition coefficient (Wildman–Crippen LogP) is 3.44. The van der Waals surface area contributed by atoms with Crippen molar-refractivity contribution in [2.24, 2.45) is 39.4 Å². The third-order valence-corrected chi connectivity index (χ3v) is 10.9. The van der Waals surface area contributed by atoms with Gasteiger partial charge in [0.2, 0.25) is 0 Å². The van der Waals surface area contributed by atoms with Gasteiger partial charge in [-0.15, -0.1) is 0 Å². The predicted molar refractivity (Wildman–Crippen MR) is 137 cm³/mol. The second-order valence-electron chi connectivity index (χ2n) is 13.1. The molecule has 7 atom stereocenters. The summed E-state index contributed by atoms with van der Waals surface area (Å²) in [5.74, 6) is -4.66. The van der Waals surface area contributed by atoms with Crippen molar-refractivity contribution >= 4 is 34.9 Å². The molecule has 8 heteroatoms. The normalized spacial score (nSPS) is 39.5. The van der Waals surface area contributed by atoms with E-state index in [-0.39, 0.29) is 54.2 Å². The van der Waals surface area contributed by atoms with Gasteiger partial charge in [0, 0.05) is 53.1 Å². The maximum absolute atomic E-state index is 14.1. The zero-order chi connectivity index (χ0) is 28.7. The van der Waals surface area contributed by atoms with Crippen LogP contribution in [0.4, 0.5) is 0 Å². The van der Waals surface area contributed by atoms with Gasteiger partial charge in [-0.05, 0) is 38.2 Å². The molecule has 0 heterocycles. The second kappa shape index (κ2) is 8.63. The van der Waals surface area contributed by atoms with Crippen LogP contribution in [0.5, 0.6) is 0 Å². The molecule has 0 aromatic carbocycles. The van der Waals surface area contributed by atoms with E-state index in [1.54, 1.807) is 34.6 Å². The highest BCUT2D eigenvalue weighted by molar-refractivity contribution is 6.18. The minimum atomic E-state index is -1.59. The molecule has 0 radical (unpaired) electrons. The monoisotopic (exact) mass is 526 g/mol. The average molecular weight is 527 g/mol. The number of carbonyl (C=O) groups excluding carboxylic acids is 5. The highest BCUT2D eigenvalue weighted by Gasteiger charge is 2.73. The number of carbonyl (C=O) groups is 6. The quantitative estimate of drug-likeness (QED) is 0.519. The molecule has 8 nitrogen and oxygen atoms in total. The lowest BCUT2D eigenvalue weighted by molar-refractivity contribution is -0.155. The first-order chi connectivity index (χ1) is 17.4. The van der Waals surface area contributed by atoms with Crippen LogP contribution in [0.2, 0.25) is 0 Å². The summed E-state index contributed by atoms with van der Waals surface area (Å²) in [5.41, 5.74) is -3.65. The van der Waals surface area contributed by atoms with Gasteiger partial charge in [-0.2, -0.15) is 0 Å². The number of Topliss-reactive ketones (excluding diaryl/α,β-unsaturated/α-hetero) is 4. The fraction of sp³-hybridized carbons (Fsp3) is 0.667. The van der Waals surface area contributed by atoms with Gasteiger partial charge in [0.1, 0.15) is 17.7 Å². The van der Waals surface area contributed by atoms with Crippen LogP contribution >= 0.6 is 0 Å². The maximum atomic E-state index is 14.1. The van der Waals surface area contributed by atoms with Crippen molar-refractivity contribution in [1.29, 1.82) is 0 Å². The van der Waals surface area contributed by atoms with Gasteiger partial charge >= 0.3 is 5.97 Å².